The first-order valence-electron chi connectivity index (χ1n) is 6.47. The smallest absolute Gasteiger partial charge is 0.257 e. The second-order valence-corrected chi connectivity index (χ2v) is 4.64. The van der Waals surface area contributed by atoms with Crippen LogP contribution in [0, 0.1) is 6.92 Å². The summed E-state index contributed by atoms with van der Waals surface area (Å²) in [6.07, 6.45) is 0.608. The summed E-state index contributed by atoms with van der Waals surface area (Å²) in [5, 5.41) is 0. The number of hydrogen-bond acceptors (Lipinski definition) is 3. The Balaban J connectivity index is 2.02. The van der Waals surface area contributed by atoms with E-state index in [0.717, 1.165) is 11.3 Å². The summed E-state index contributed by atoms with van der Waals surface area (Å²) >= 11 is 0. The van der Waals surface area contributed by atoms with Gasteiger partial charge in [-0.1, -0.05) is 36.4 Å². The van der Waals surface area contributed by atoms with E-state index in [4.69, 9.17) is 9.47 Å². The molecule has 0 saturated carbocycles. The van der Waals surface area contributed by atoms with Crippen LogP contribution in [0.2, 0.25) is 0 Å². The van der Waals surface area contributed by atoms with Gasteiger partial charge in [-0.2, -0.15) is 0 Å². The van der Waals surface area contributed by atoms with Crippen LogP contribution in [-0.4, -0.2) is 11.4 Å². The molecule has 0 radical (unpaired) electrons. The minimum atomic E-state index is -0.115. The minimum absolute atomic E-state index is 0.115. The zero-order valence-corrected chi connectivity index (χ0v) is 11.2. The van der Waals surface area contributed by atoms with Gasteiger partial charge in [0.15, 0.2) is 5.76 Å². The van der Waals surface area contributed by atoms with Crippen LogP contribution in [0.25, 0.3) is 5.88 Å². The Hall–Kier alpha value is -2.49. The van der Waals surface area contributed by atoms with Crippen molar-refractivity contribution in [3.8, 4) is 0 Å². The fourth-order valence-electron chi connectivity index (χ4n) is 2.25. The van der Waals surface area contributed by atoms with Gasteiger partial charge in [0, 0.05) is 18.2 Å². The van der Waals surface area contributed by atoms with E-state index < -0.39 is 0 Å². The molecular formula is C16H15NO3. The van der Waals surface area contributed by atoms with Crippen LogP contribution in [0.4, 0.5) is 0 Å². The van der Waals surface area contributed by atoms with Crippen LogP contribution in [0.3, 0.4) is 0 Å². The van der Waals surface area contributed by atoms with Crippen LogP contribution in [0.1, 0.15) is 11.3 Å². The topological polar surface area (TPSA) is 40.5 Å². The van der Waals surface area contributed by atoms with Crippen LogP contribution in [0.5, 0.6) is 0 Å². The Kier molecular flexibility index (Phi) is 3.29. The van der Waals surface area contributed by atoms with Crippen molar-refractivity contribution in [1.82, 2.24) is 4.57 Å². The van der Waals surface area contributed by atoms with Gasteiger partial charge >= 0.3 is 0 Å². The number of allylic oxidation sites excluding steroid dienone is 1. The third-order valence-corrected chi connectivity index (χ3v) is 3.23. The lowest BCUT2D eigenvalue weighted by Crippen LogP contribution is -2.21. The van der Waals surface area contributed by atoms with E-state index in [1.807, 2.05) is 43.3 Å². The molecule has 2 heterocycles. The average Bonchev–Trinajstić information content (AvgIpc) is 2.88. The third kappa shape index (κ3) is 2.32. The van der Waals surface area contributed by atoms with E-state index in [1.165, 1.54) is 6.07 Å². The number of benzene rings is 1. The van der Waals surface area contributed by atoms with E-state index in [9.17, 15) is 4.79 Å². The third-order valence-electron chi connectivity index (χ3n) is 3.23. The molecule has 0 amide bonds. The summed E-state index contributed by atoms with van der Waals surface area (Å²) in [6.45, 7) is 2.02. The summed E-state index contributed by atoms with van der Waals surface area (Å²) in [5.74, 6) is 1.18. The van der Waals surface area contributed by atoms with Gasteiger partial charge < -0.3 is 9.47 Å². The Morgan fingerprint density at radius 3 is 2.60 bits per heavy atom. The fourth-order valence-corrected chi connectivity index (χ4v) is 2.25. The Morgan fingerprint density at radius 2 is 1.85 bits per heavy atom. The van der Waals surface area contributed by atoms with Gasteiger partial charge in [0.2, 0.25) is 12.7 Å². The molecular weight excluding hydrogens is 254 g/mol. The van der Waals surface area contributed by atoms with Crippen molar-refractivity contribution < 1.29 is 9.47 Å². The maximum Gasteiger partial charge on any atom is 0.257 e. The number of hydrogen-bond donors (Lipinski definition) is 0. The zero-order chi connectivity index (χ0) is 13.9. The van der Waals surface area contributed by atoms with E-state index in [0.29, 0.717) is 18.1 Å². The molecule has 4 nitrogen and oxygen atoms in total. The van der Waals surface area contributed by atoms with Crippen LogP contribution in [-0.2, 0) is 15.9 Å². The maximum absolute atomic E-state index is 12.0. The van der Waals surface area contributed by atoms with Crippen molar-refractivity contribution in [3.05, 3.63) is 75.9 Å². The predicted octanol–water partition coefficient (Wildman–Crippen LogP) is 2.53. The van der Waals surface area contributed by atoms with Gasteiger partial charge in [-0.3, -0.25) is 4.79 Å². The van der Waals surface area contributed by atoms with Gasteiger partial charge in [0.25, 0.3) is 5.56 Å². The Labute approximate surface area is 116 Å². The van der Waals surface area contributed by atoms with E-state index in [1.54, 1.807) is 10.6 Å². The summed E-state index contributed by atoms with van der Waals surface area (Å²) in [6, 6.07) is 15.1. The highest BCUT2D eigenvalue weighted by molar-refractivity contribution is 5.45. The molecule has 20 heavy (non-hydrogen) atoms. The van der Waals surface area contributed by atoms with Gasteiger partial charge in [0.1, 0.15) is 0 Å². The molecule has 0 N–H and O–H groups in total. The van der Waals surface area contributed by atoms with Crippen LogP contribution < -0.4 is 5.56 Å². The first-order chi connectivity index (χ1) is 9.75. The van der Waals surface area contributed by atoms with Crippen molar-refractivity contribution >= 4 is 5.88 Å². The molecule has 0 spiro atoms. The quantitative estimate of drug-likeness (QED) is 0.859. The molecule has 0 aliphatic carbocycles. The molecule has 3 rings (SSSR count). The van der Waals surface area contributed by atoms with Crippen LogP contribution >= 0.6 is 0 Å². The molecule has 0 atom stereocenters. The number of rotatable bonds is 3. The SMILES string of the molecule is Cc1cccc(=O)n1C1=C(Cc2ccccc2)OCO1. The van der Waals surface area contributed by atoms with Crippen molar-refractivity contribution in [2.45, 2.75) is 13.3 Å². The number of nitrogens with zero attached hydrogens (tertiary/aromatic N) is 1. The molecule has 1 aromatic carbocycles. The molecule has 0 saturated heterocycles. The molecule has 0 unspecified atom stereocenters. The molecule has 0 bridgehead atoms. The average molecular weight is 269 g/mol. The highest BCUT2D eigenvalue weighted by atomic mass is 16.7. The number of aryl methyl sites for hydroxylation is 1. The zero-order valence-electron chi connectivity index (χ0n) is 11.2. The van der Waals surface area contributed by atoms with E-state index in [2.05, 4.69) is 0 Å². The van der Waals surface area contributed by atoms with E-state index in [-0.39, 0.29) is 12.4 Å². The molecule has 1 aromatic heterocycles. The maximum atomic E-state index is 12.0. The van der Waals surface area contributed by atoms with Crippen molar-refractivity contribution in [2.75, 3.05) is 6.79 Å². The normalized spacial score (nSPS) is 14.1. The minimum Gasteiger partial charge on any atom is -0.456 e. The van der Waals surface area contributed by atoms with E-state index >= 15 is 0 Å². The Bertz CT molecular complexity index is 701. The summed E-state index contributed by atoms with van der Waals surface area (Å²) in [4.78, 5) is 12.0. The molecule has 0 fully saturated rings. The van der Waals surface area contributed by atoms with Crippen LogP contribution in [0.15, 0.2) is 59.1 Å². The fraction of sp³-hybridized carbons (Fsp3) is 0.188. The second-order valence-electron chi connectivity index (χ2n) is 4.64. The largest absolute Gasteiger partial charge is 0.456 e. The summed E-state index contributed by atoms with van der Waals surface area (Å²) < 4.78 is 12.6. The second kappa shape index (κ2) is 5.25. The van der Waals surface area contributed by atoms with Crippen molar-refractivity contribution in [2.24, 2.45) is 0 Å². The first kappa shape index (κ1) is 12.5. The lowest BCUT2D eigenvalue weighted by molar-refractivity contribution is 0.0820. The van der Waals surface area contributed by atoms with Gasteiger partial charge in [-0.15, -0.1) is 0 Å². The van der Waals surface area contributed by atoms with Gasteiger partial charge in [-0.05, 0) is 18.6 Å². The lowest BCUT2D eigenvalue weighted by Gasteiger charge is -2.10. The molecule has 1 aliphatic heterocycles. The lowest BCUT2D eigenvalue weighted by atomic mass is 10.1. The number of pyridine rings is 1. The molecule has 4 heteroatoms. The molecule has 102 valence electrons. The Morgan fingerprint density at radius 1 is 1.05 bits per heavy atom. The standard InChI is InChI=1S/C16H15NO3/c1-12-6-5-9-15(18)17(12)16-14(19-11-20-16)10-13-7-3-2-4-8-13/h2-9H,10-11H2,1H3. The number of ether oxygens (including phenoxy) is 2. The van der Waals surface area contributed by atoms with Crippen molar-refractivity contribution in [1.29, 1.82) is 0 Å². The molecule has 2 aromatic rings. The first-order valence-corrected chi connectivity index (χ1v) is 6.47. The summed E-state index contributed by atoms with van der Waals surface area (Å²) in [7, 11) is 0. The van der Waals surface area contributed by atoms with Gasteiger partial charge in [-0.25, -0.2) is 4.57 Å². The molecule has 1 aliphatic rings. The summed E-state index contributed by atoms with van der Waals surface area (Å²) in [5.41, 5.74) is 1.83. The monoisotopic (exact) mass is 269 g/mol. The van der Waals surface area contributed by atoms with Crippen molar-refractivity contribution in [3.63, 3.8) is 0 Å². The number of aromatic nitrogens is 1. The predicted molar refractivity (Wildman–Crippen MR) is 75.8 cm³/mol. The highest BCUT2D eigenvalue weighted by Crippen LogP contribution is 2.24. The van der Waals surface area contributed by atoms with Gasteiger partial charge in [0.05, 0.1) is 0 Å². The highest BCUT2D eigenvalue weighted by Gasteiger charge is 2.21.